The first-order valence-corrected chi connectivity index (χ1v) is 8.80. The summed E-state index contributed by atoms with van der Waals surface area (Å²) in [6.45, 7) is 0. The lowest BCUT2D eigenvalue weighted by atomic mass is 10.1. The van der Waals surface area contributed by atoms with E-state index < -0.39 is 0 Å². The van der Waals surface area contributed by atoms with Crippen LogP contribution >= 0.6 is 27.3 Å². The minimum atomic E-state index is -0.106. The predicted molar refractivity (Wildman–Crippen MR) is 101 cm³/mol. The molecule has 112 valence electrons. The average molecular weight is 382 g/mol. The first-order valence-electron chi connectivity index (χ1n) is 7.19. The van der Waals surface area contributed by atoms with Crippen LogP contribution in [0.1, 0.15) is 10.4 Å². The maximum atomic E-state index is 12.4. The summed E-state index contributed by atoms with van der Waals surface area (Å²) in [6.07, 6.45) is 0. The van der Waals surface area contributed by atoms with E-state index in [1.165, 1.54) is 14.8 Å². The Morgan fingerprint density at radius 1 is 0.870 bits per heavy atom. The van der Waals surface area contributed by atoms with Crippen molar-refractivity contribution in [1.29, 1.82) is 0 Å². The Balaban J connectivity index is 1.79. The summed E-state index contributed by atoms with van der Waals surface area (Å²) >= 11 is 5.32. The minimum absolute atomic E-state index is 0.106. The number of hydrogen-bond donors (Lipinski definition) is 1. The van der Waals surface area contributed by atoms with Gasteiger partial charge in [-0.25, -0.2) is 0 Å². The number of fused-ring (bicyclic) bond motifs is 3. The zero-order valence-electron chi connectivity index (χ0n) is 12.0. The van der Waals surface area contributed by atoms with Gasteiger partial charge < -0.3 is 5.32 Å². The molecule has 1 heterocycles. The Kier molecular flexibility index (Phi) is 3.63. The van der Waals surface area contributed by atoms with Crippen molar-refractivity contribution in [3.63, 3.8) is 0 Å². The highest BCUT2D eigenvalue weighted by Crippen LogP contribution is 2.38. The number of thiophene rings is 1. The summed E-state index contributed by atoms with van der Waals surface area (Å²) in [4.78, 5) is 12.4. The van der Waals surface area contributed by atoms with Crippen molar-refractivity contribution in [2.75, 3.05) is 5.32 Å². The lowest BCUT2D eigenvalue weighted by molar-refractivity contribution is 0.102. The average Bonchev–Trinajstić information content (AvgIpc) is 2.93. The van der Waals surface area contributed by atoms with Crippen LogP contribution in [-0.4, -0.2) is 5.91 Å². The molecule has 0 aliphatic carbocycles. The number of carbonyl (C=O) groups excluding carboxylic acids is 1. The maximum absolute atomic E-state index is 12.4. The Morgan fingerprint density at radius 3 is 2.43 bits per heavy atom. The number of hydrogen-bond acceptors (Lipinski definition) is 2. The minimum Gasteiger partial charge on any atom is -0.321 e. The molecule has 1 aromatic heterocycles. The van der Waals surface area contributed by atoms with E-state index in [0.29, 0.717) is 5.56 Å². The molecule has 1 amide bonds. The number of carbonyl (C=O) groups is 1. The van der Waals surface area contributed by atoms with Crippen LogP contribution < -0.4 is 5.32 Å². The van der Waals surface area contributed by atoms with Crippen LogP contribution in [0.5, 0.6) is 0 Å². The summed E-state index contributed by atoms with van der Waals surface area (Å²) in [5.41, 5.74) is 1.43. The first-order chi connectivity index (χ1) is 11.2. The van der Waals surface area contributed by atoms with E-state index in [4.69, 9.17) is 0 Å². The fraction of sp³-hybridized carbons (Fsp3) is 0. The molecule has 0 fully saturated rings. The molecule has 4 heteroatoms. The van der Waals surface area contributed by atoms with Crippen LogP contribution in [0, 0.1) is 0 Å². The highest BCUT2D eigenvalue weighted by Gasteiger charge is 2.12. The number of anilines is 1. The highest BCUT2D eigenvalue weighted by molar-refractivity contribution is 9.10. The van der Waals surface area contributed by atoms with E-state index in [-0.39, 0.29) is 5.91 Å². The lowest BCUT2D eigenvalue weighted by Gasteiger charge is -2.08. The molecule has 0 aliphatic rings. The van der Waals surface area contributed by atoms with Crippen LogP contribution in [0.25, 0.3) is 20.2 Å². The third-order valence-electron chi connectivity index (χ3n) is 3.75. The van der Waals surface area contributed by atoms with Gasteiger partial charge in [0.25, 0.3) is 5.91 Å². The monoisotopic (exact) mass is 381 g/mol. The van der Waals surface area contributed by atoms with Crippen molar-refractivity contribution < 1.29 is 4.79 Å². The van der Waals surface area contributed by atoms with Crippen LogP contribution in [0.3, 0.4) is 0 Å². The summed E-state index contributed by atoms with van der Waals surface area (Å²) in [7, 11) is 0. The Labute approximate surface area is 145 Å². The molecule has 2 nitrogen and oxygen atoms in total. The molecule has 0 radical (unpaired) electrons. The van der Waals surface area contributed by atoms with Crippen molar-refractivity contribution >= 4 is 59.0 Å². The van der Waals surface area contributed by atoms with Gasteiger partial charge in [-0.15, -0.1) is 11.3 Å². The lowest BCUT2D eigenvalue weighted by Crippen LogP contribution is -2.11. The molecule has 3 aromatic carbocycles. The van der Waals surface area contributed by atoms with Gasteiger partial charge in [-0.3, -0.25) is 4.79 Å². The van der Waals surface area contributed by atoms with E-state index in [0.717, 1.165) is 15.5 Å². The van der Waals surface area contributed by atoms with Gasteiger partial charge in [0.2, 0.25) is 0 Å². The molecule has 0 saturated carbocycles. The van der Waals surface area contributed by atoms with Gasteiger partial charge in [0, 0.05) is 30.2 Å². The van der Waals surface area contributed by atoms with Gasteiger partial charge in [-0.1, -0.05) is 36.4 Å². The van der Waals surface area contributed by atoms with Crippen molar-refractivity contribution in [2.45, 2.75) is 0 Å². The second kappa shape index (κ2) is 5.80. The van der Waals surface area contributed by atoms with Crippen molar-refractivity contribution in [2.24, 2.45) is 0 Å². The van der Waals surface area contributed by atoms with E-state index in [1.54, 1.807) is 11.3 Å². The molecule has 23 heavy (non-hydrogen) atoms. The van der Waals surface area contributed by atoms with E-state index in [1.807, 2.05) is 48.5 Å². The third kappa shape index (κ3) is 2.64. The van der Waals surface area contributed by atoms with Crippen LogP contribution in [0.2, 0.25) is 0 Å². The Morgan fingerprint density at radius 2 is 1.61 bits per heavy atom. The van der Waals surface area contributed by atoms with Crippen LogP contribution in [-0.2, 0) is 0 Å². The Hall–Kier alpha value is -2.17. The maximum Gasteiger partial charge on any atom is 0.255 e. The molecular weight excluding hydrogens is 370 g/mol. The summed E-state index contributed by atoms with van der Waals surface area (Å²) in [6, 6.07) is 21.7. The van der Waals surface area contributed by atoms with Crippen molar-refractivity contribution in [3.05, 3.63) is 76.8 Å². The van der Waals surface area contributed by atoms with Crippen molar-refractivity contribution in [3.8, 4) is 0 Å². The quantitative estimate of drug-likeness (QED) is 0.448. The van der Waals surface area contributed by atoms with E-state index in [9.17, 15) is 4.79 Å². The fourth-order valence-electron chi connectivity index (χ4n) is 2.63. The molecule has 4 rings (SSSR count). The summed E-state index contributed by atoms with van der Waals surface area (Å²) in [5.74, 6) is -0.106. The molecule has 0 aliphatic heterocycles. The topological polar surface area (TPSA) is 29.1 Å². The second-order valence-electron chi connectivity index (χ2n) is 5.25. The van der Waals surface area contributed by atoms with E-state index in [2.05, 4.69) is 39.4 Å². The fourth-order valence-corrected chi connectivity index (χ4v) is 4.35. The number of amides is 1. The summed E-state index contributed by atoms with van der Waals surface area (Å²) < 4.78 is 3.34. The largest absolute Gasteiger partial charge is 0.321 e. The molecule has 0 saturated heterocycles. The number of benzene rings is 3. The smallest absolute Gasteiger partial charge is 0.255 e. The van der Waals surface area contributed by atoms with Gasteiger partial charge in [0.15, 0.2) is 0 Å². The normalized spacial score (nSPS) is 11.0. The van der Waals surface area contributed by atoms with Crippen LogP contribution in [0.15, 0.2) is 71.2 Å². The SMILES string of the molecule is O=C(Nc1cc2c(cc1Br)sc1ccccc12)c1ccccc1. The Bertz CT molecular complexity index is 1020. The van der Waals surface area contributed by atoms with E-state index >= 15 is 0 Å². The van der Waals surface area contributed by atoms with Gasteiger partial charge in [0.1, 0.15) is 0 Å². The highest BCUT2D eigenvalue weighted by atomic mass is 79.9. The molecule has 0 spiro atoms. The van der Waals surface area contributed by atoms with Gasteiger partial charge in [-0.05, 0) is 46.3 Å². The molecule has 0 atom stereocenters. The van der Waals surface area contributed by atoms with Gasteiger partial charge in [0.05, 0.1) is 5.69 Å². The standard InChI is InChI=1S/C19H12BrNOS/c20-15-11-18-14(13-8-4-5-9-17(13)23-18)10-16(15)21-19(22)12-6-2-1-3-7-12/h1-11H,(H,21,22). The van der Waals surface area contributed by atoms with Gasteiger partial charge >= 0.3 is 0 Å². The van der Waals surface area contributed by atoms with Crippen molar-refractivity contribution in [1.82, 2.24) is 0 Å². The van der Waals surface area contributed by atoms with Crippen LogP contribution in [0.4, 0.5) is 5.69 Å². The molecular formula is C19H12BrNOS. The summed E-state index contributed by atoms with van der Waals surface area (Å²) in [5, 5.41) is 5.37. The number of halogens is 1. The molecule has 0 bridgehead atoms. The molecule has 0 unspecified atom stereocenters. The number of nitrogens with one attached hydrogen (secondary N) is 1. The predicted octanol–water partition coefficient (Wildman–Crippen LogP) is 6.07. The zero-order valence-corrected chi connectivity index (χ0v) is 14.4. The van der Waals surface area contributed by atoms with Gasteiger partial charge in [-0.2, -0.15) is 0 Å². The number of rotatable bonds is 2. The first kappa shape index (κ1) is 14.4. The third-order valence-corrected chi connectivity index (χ3v) is 5.54. The molecule has 1 N–H and O–H groups in total. The second-order valence-corrected chi connectivity index (χ2v) is 7.18. The zero-order chi connectivity index (χ0) is 15.8. The molecule has 4 aromatic rings.